The molecule has 0 unspecified atom stereocenters. The summed E-state index contributed by atoms with van der Waals surface area (Å²) in [4.78, 5) is 3.65. The Morgan fingerprint density at radius 1 is 1.06 bits per heavy atom. The van der Waals surface area contributed by atoms with Crippen LogP contribution in [0.1, 0.15) is 0 Å². The summed E-state index contributed by atoms with van der Waals surface area (Å²) in [5.74, 6) is 1.12. The van der Waals surface area contributed by atoms with Gasteiger partial charge in [-0.25, -0.2) is 0 Å². The quantitative estimate of drug-likeness (QED) is 0.802. The highest BCUT2D eigenvalue weighted by Gasteiger charge is 2.18. The molecule has 1 aliphatic rings. The first-order valence-corrected chi connectivity index (χ1v) is 6.68. The van der Waals surface area contributed by atoms with Crippen molar-refractivity contribution in [2.24, 2.45) is 0 Å². The number of halogens is 1. The van der Waals surface area contributed by atoms with E-state index in [2.05, 4.69) is 41.3 Å². The van der Waals surface area contributed by atoms with Crippen LogP contribution in [0.2, 0.25) is 0 Å². The number of nitrogen functional groups attached to an aromatic ring is 1. The summed E-state index contributed by atoms with van der Waals surface area (Å²) >= 11 is 1.90. The van der Waals surface area contributed by atoms with Gasteiger partial charge in [0, 0.05) is 28.6 Å². The van der Waals surface area contributed by atoms with Crippen LogP contribution in [-0.4, -0.2) is 12.3 Å². The Morgan fingerprint density at radius 2 is 1.83 bits per heavy atom. The van der Waals surface area contributed by atoms with Crippen molar-refractivity contribution in [2.75, 3.05) is 22.9 Å². The fraction of sp³-hybridized carbons (Fsp3) is 0.143. The molecule has 1 heterocycles. The lowest BCUT2D eigenvalue weighted by Gasteiger charge is -2.31. The van der Waals surface area contributed by atoms with E-state index in [-0.39, 0.29) is 12.4 Å². The lowest BCUT2D eigenvalue weighted by molar-refractivity contribution is 0.996. The van der Waals surface area contributed by atoms with Gasteiger partial charge < -0.3 is 10.6 Å². The molecule has 0 spiro atoms. The number of nitrogens with zero attached hydrogens (tertiary/aromatic N) is 1. The van der Waals surface area contributed by atoms with Crippen LogP contribution >= 0.6 is 24.2 Å². The number of hydrogen-bond donors (Lipinski definition) is 1. The van der Waals surface area contributed by atoms with E-state index in [0.29, 0.717) is 0 Å². The van der Waals surface area contributed by atoms with Crippen LogP contribution in [0.15, 0.2) is 53.4 Å². The molecular formula is C14H15ClN2S. The molecule has 1 aliphatic heterocycles. The Labute approximate surface area is 118 Å². The van der Waals surface area contributed by atoms with E-state index in [4.69, 9.17) is 5.73 Å². The molecule has 2 aromatic carbocycles. The van der Waals surface area contributed by atoms with Crippen molar-refractivity contribution in [2.45, 2.75) is 4.90 Å². The third-order valence-electron chi connectivity index (χ3n) is 2.91. The van der Waals surface area contributed by atoms with Crippen molar-refractivity contribution in [1.82, 2.24) is 0 Å². The fourth-order valence-electron chi connectivity index (χ4n) is 2.11. The molecule has 0 amide bonds. The van der Waals surface area contributed by atoms with Gasteiger partial charge in [0.1, 0.15) is 0 Å². The molecule has 0 atom stereocenters. The molecule has 0 saturated carbocycles. The lowest BCUT2D eigenvalue weighted by atomic mass is 10.2. The third-order valence-corrected chi connectivity index (χ3v) is 3.96. The third kappa shape index (κ3) is 2.42. The molecular weight excluding hydrogens is 264 g/mol. The zero-order chi connectivity index (χ0) is 11.7. The molecule has 18 heavy (non-hydrogen) atoms. The number of benzene rings is 2. The van der Waals surface area contributed by atoms with E-state index >= 15 is 0 Å². The number of hydrogen-bond acceptors (Lipinski definition) is 3. The predicted molar refractivity (Wildman–Crippen MR) is 82.3 cm³/mol. The first-order chi connectivity index (χ1) is 8.34. The second-order valence-corrected chi connectivity index (χ2v) is 5.20. The highest BCUT2D eigenvalue weighted by Crippen LogP contribution is 2.39. The predicted octanol–water partition coefficient (Wildman–Crippen LogP) is 3.93. The summed E-state index contributed by atoms with van der Waals surface area (Å²) < 4.78 is 0. The van der Waals surface area contributed by atoms with E-state index in [9.17, 15) is 0 Å². The summed E-state index contributed by atoms with van der Waals surface area (Å²) in [5, 5.41) is 0. The molecule has 0 radical (unpaired) electrons. The van der Waals surface area contributed by atoms with Gasteiger partial charge >= 0.3 is 0 Å². The topological polar surface area (TPSA) is 29.3 Å². The summed E-state index contributed by atoms with van der Waals surface area (Å²) in [7, 11) is 0. The minimum absolute atomic E-state index is 0. The van der Waals surface area contributed by atoms with E-state index in [0.717, 1.165) is 18.0 Å². The molecule has 94 valence electrons. The summed E-state index contributed by atoms with van der Waals surface area (Å²) in [6.45, 7) is 1.03. The zero-order valence-corrected chi connectivity index (χ0v) is 11.5. The highest BCUT2D eigenvalue weighted by molar-refractivity contribution is 7.99. The number of anilines is 3. The van der Waals surface area contributed by atoms with E-state index in [1.807, 2.05) is 23.9 Å². The molecule has 3 rings (SSSR count). The average Bonchev–Trinajstić information content (AvgIpc) is 2.39. The van der Waals surface area contributed by atoms with Gasteiger partial charge in [-0.3, -0.25) is 0 Å². The first kappa shape index (κ1) is 13.1. The van der Waals surface area contributed by atoms with Crippen LogP contribution in [0.4, 0.5) is 17.1 Å². The Bertz CT molecular complexity index is 531. The Hall–Kier alpha value is -1.32. The molecule has 0 aromatic heterocycles. The highest BCUT2D eigenvalue weighted by atomic mass is 35.5. The number of fused-ring (bicyclic) bond motifs is 1. The van der Waals surface area contributed by atoms with Gasteiger partial charge in [0.25, 0.3) is 0 Å². The zero-order valence-electron chi connectivity index (χ0n) is 9.87. The fourth-order valence-corrected chi connectivity index (χ4v) is 3.09. The minimum Gasteiger partial charge on any atom is -0.399 e. The molecule has 2 nitrogen and oxygen atoms in total. The number of nitrogens with two attached hydrogens (primary N) is 1. The van der Waals surface area contributed by atoms with Gasteiger partial charge in [-0.15, -0.1) is 24.2 Å². The van der Waals surface area contributed by atoms with Crippen LogP contribution < -0.4 is 10.6 Å². The standard InChI is InChI=1S/C14H14N2S.ClH/c15-11-6-7-14-13(10-11)16(8-9-17-14)12-4-2-1-3-5-12;/h1-7,10H,8-9,15H2;1H. The summed E-state index contributed by atoms with van der Waals surface area (Å²) in [6.07, 6.45) is 0. The number of rotatable bonds is 1. The molecule has 2 aromatic rings. The minimum atomic E-state index is 0. The van der Waals surface area contributed by atoms with Gasteiger partial charge in [0.05, 0.1) is 5.69 Å². The van der Waals surface area contributed by atoms with Crippen molar-refractivity contribution in [3.63, 3.8) is 0 Å². The SMILES string of the molecule is Cl.Nc1ccc2c(c1)N(c1ccccc1)CCS2. The number of para-hydroxylation sites is 1. The van der Waals surface area contributed by atoms with Gasteiger partial charge in [0.2, 0.25) is 0 Å². The van der Waals surface area contributed by atoms with Crippen molar-refractivity contribution < 1.29 is 0 Å². The lowest BCUT2D eigenvalue weighted by Crippen LogP contribution is -2.24. The van der Waals surface area contributed by atoms with Gasteiger partial charge in [-0.2, -0.15) is 0 Å². The normalized spacial score (nSPS) is 13.7. The van der Waals surface area contributed by atoms with Crippen molar-refractivity contribution in [1.29, 1.82) is 0 Å². The maximum atomic E-state index is 5.89. The molecule has 0 saturated heterocycles. The average molecular weight is 279 g/mol. The van der Waals surface area contributed by atoms with Gasteiger partial charge in [-0.1, -0.05) is 18.2 Å². The van der Waals surface area contributed by atoms with Gasteiger partial charge in [0.15, 0.2) is 0 Å². The Balaban J connectivity index is 0.00000120. The van der Waals surface area contributed by atoms with Crippen LogP contribution in [0.3, 0.4) is 0 Å². The summed E-state index contributed by atoms with van der Waals surface area (Å²) in [5.41, 5.74) is 9.18. The van der Waals surface area contributed by atoms with Crippen molar-refractivity contribution in [3.8, 4) is 0 Å². The van der Waals surface area contributed by atoms with Crippen LogP contribution in [0.25, 0.3) is 0 Å². The van der Waals surface area contributed by atoms with E-state index in [1.165, 1.54) is 16.3 Å². The maximum Gasteiger partial charge on any atom is 0.0569 e. The Kier molecular flexibility index (Phi) is 4.04. The molecule has 2 N–H and O–H groups in total. The molecule has 0 bridgehead atoms. The molecule has 4 heteroatoms. The molecule has 0 aliphatic carbocycles. The summed E-state index contributed by atoms with van der Waals surface area (Å²) in [6, 6.07) is 16.6. The Morgan fingerprint density at radius 3 is 2.61 bits per heavy atom. The maximum absolute atomic E-state index is 5.89. The van der Waals surface area contributed by atoms with E-state index in [1.54, 1.807) is 0 Å². The number of thioether (sulfide) groups is 1. The van der Waals surface area contributed by atoms with Crippen molar-refractivity contribution in [3.05, 3.63) is 48.5 Å². The van der Waals surface area contributed by atoms with Crippen LogP contribution in [-0.2, 0) is 0 Å². The second kappa shape index (κ2) is 5.55. The van der Waals surface area contributed by atoms with Crippen LogP contribution in [0.5, 0.6) is 0 Å². The van der Waals surface area contributed by atoms with Crippen LogP contribution in [0, 0.1) is 0 Å². The van der Waals surface area contributed by atoms with Gasteiger partial charge in [-0.05, 0) is 30.3 Å². The molecule has 0 fully saturated rings. The van der Waals surface area contributed by atoms with Crippen molar-refractivity contribution >= 4 is 41.2 Å². The van der Waals surface area contributed by atoms with E-state index < -0.39 is 0 Å². The largest absolute Gasteiger partial charge is 0.399 e. The second-order valence-electron chi connectivity index (χ2n) is 4.06. The smallest absolute Gasteiger partial charge is 0.0569 e. The first-order valence-electron chi connectivity index (χ1n) is 5.69. The monoisotopic (exact) mass is 278 g/mol.